The Hall–Kier alpha value is -1.31. The first-order valence-corrected chi connectivity index (χ1v) is 6.78. The molecule has 2 atom stereocenters. The molecule has 1 aliphatic rings. The highest BCUT2D eigenvalue weighted by atomic mass is 16.5. The van der Waals surface area contributed by atoms with Crippen molar-refractivity contribution in [2.24, 2.45) is 11.8 Å². The molecule has 0 aromatic heterocycles. The predicted molar refractivity (Wildman–Crippen MR) is 72.9 cm³/mol. The summed E-state index contributed by atoms with van der Waals surface area (Å²) < 4.78 is 5.34. The van der Waals surface area contributed by atoms with Crippen LogP contribution in [0.4, 0.5) is 0 Å². The van der Waals surface area contributed by atoms with Crippen LogP contribution in [0.15, 0.2) is 18.2 Å². The molecule has 98 valence electrons. The first-order valence-electron chi connectivity index (χ1n) is 6.78. The number of Topliss-reactive ketones (excluding diaryl/α,β-unsaturated/α-hetero) is 1. The van der Waals surface area contributed by atoms with Crippen molar-refractivity contribution in [1.29, 1.82) is 0 Å². The number of aryl methyl sites for hydroxylation is 1. The van der Waals surface area contributed by atoms with E-state index in [4.69, 9.17) is 4.74 Å². The third-order valence-corrected chi connectivity index (χ3v) is 4.08. The molecule has 0 heterocycles. The van der Waals surface area contributed by atoms with Crippen molar-refractivity contribution in [3.63, 3.8) is 0 Å². The Balaban J connectivity index is 2.13. The molecule has 0 aliphatic heterocycles. The van der Waals surface area contributed by atoms with Gasteiger partial charge in [0.1, 0.15) is 11.5 Å². The van der Waals surface area contributed by atoms with Gasteiger partial charge in [-0.3, -0.25) is 4.79 Å². The Bertz CT molecular complexity index is 437. The van der Waals surface area contributed by atoms with Crippen LogP contribution in [0.2, 0.25) is 0 Å². The molecule has 1 aromatic rings. The van der Waals surface area contributed by atoms with Gasteiger partial charge in [0, 0.05) is 17.9 Å². The van der Waals surface area contributed by atoms with Crippen molar-refractivity contribution in [2.45, 2.75) is 39.5 Å². The Kier molecular flexibility index (Phi) is 4.05. The maximum Gasteiger partial charge on any atom is 0.140 e. The van der Waals surface area contributed by atoms with E-state index in [1.807, 2.05) is 19.1 Å². The molecule has 2 rings (SSSR count). The van der Waals surface area contributed by atoms with Crippen LogP contribution >= 0.6 is 0 Å². The average molecular weight is 246 g/mol. The van der Waals surface area contributed by atoms with E-state index in [0.717, 1.165) is 17.7 Å². The number of hydrogen-bond acceptors (Lipinski definition) is 2. The molecule has 0 bridgehead atoms. The molecule has 1 aromatic carbocycles. The molecule has 0 N–H and O–H groups in total. The van der Waals surface area contributed by atoms with Gasteiger partial charge in [0.15, 0.2) is 0 Å². The van der Waals surface area contributed by atoms with Gasteiger partial charge in [-0.25, -0.2) is 0 Å². The fraction of sp³-hybridized carbons (Fsp3) is 0.562. The van der Waals surface area contributed by atoms with Crippen molar-refractivity contribution >= 4 is 5.78 Å². The predicted octanol–water partition coefficient (Wildman–Crippen LogP) is 3.55. The van der Waals surface area contributed by atoms with Crippen LogP contribution in [-0.2, 0) is 11.2 Å². The van der Waals surface area contributed by atoms with Gasteiger partial charge < -0.3 is 4.74 Å². The molecule has 1 fully saturated rings. The van der Waals surface area contributed by atoms with Crippen molar-refractivity contribution in [3.8, 4) is 5.75 Å². The smallest absolute Gasteiger partial charge is 0.140 e. The summed E-state index contributed by atoms with van der Waals surface area (Å²) in [6.45, 7) is 4.24. The van der Waals surface area contributed by atoms with Gasteiger partial charge in [-0.05, 0) is 31.7 Å². The summed E-state index contributed by atoms with van der Waals surface area (Å²) >= 11 is 0. The lowest BCUT2D eigenvalue weighted by molar-refractivity contribution is -0.123. The summed E-state index contributed by atoms with van der Waals surface area (Å²) in [5.74, 6) is 2.02. The Labute approximate surface area is 109 Å². The molecule has 0 radical (unpaired) electrons. The number of rotatable bonds is 4. The van der Waals surface area contributed by atoms with Crippen LogP contribution in [-0.4, -0.2) is 12.9 Å². The minimum Gasteiger partial charge on any atom is -0.496 e. The van der Waals surface area contributed by atoms with E-state index >= 15 is 0 Å². The van der Waals surface area contributed by atoms with Gasteiger partial charge in [0.25, 0.3) is 0 Å². The van der Waals surface area contributed by atoms with Gasteiger partial charge in [0.05, 0.1) is 7.11 Å². The van der Waals surface area contributed by atoms with Crippen molar-refractivity contribution in [2.75, 3.05) is 7.11 Å². The molecule has 1 aliphatic carbocycles. The third-order valence-electron chi connectivity index (χ3n) is 4.08. The second kappa shape index (κ2) is 5.55. The zero-order chi connectivity index (χ0) is 13.1. The zero-order valence-electron chi connectivity index (χ0n) is 11.5. The van der Waals surface area contributed by atoms with Crippen LogP contribution < -0.4 is 4.74 Å². The van der Waals surface area contributed by atoms with Crippen LogP contribution in [0, 0.1) is 18.8 Å². The summed E-state index contributed by atoms with van der Waals surface area (Å²) in [7, 11) is 1.66. The number of ketones is 1. The zero-order valence-corrected chi connectivity index (χ0v) is 11.5. The normalized spacial score (nSPS) is 23.1. The van der Waals surface area contributed by atoms with Gasteiger partial charge in [-0.15, -0.1) is 0 Å². The molecule has 1 saturated carbocycles. The van der Waals surface area contributed by atoms with E-state index in [1.54, 1.807) is 7.11 Å². The maximum atomic E-state index is 12.3. The number of hydrogen-bond donors (Lipinski definition) is 0. The number of carbonyl (C=O) groups excluding carboxylic acids is 1. The molecule has 2 nitrogen and oxygen atoms in total. The van der Waals surface area contributed by atoms with Crippen molar-refractivity contribution in [1.82, 2.24) is 0 Å². The Morgan fingerprint density at radius 1 is 1.39 bits per heavy atom. The molecular weight excluding hydrogens is 224 g/mol. The van der Waals surface area contributed by atoms with Gasteiger partial charge in [0.2, 0.25) is 0 Å². The summed E-state index contributed by atoms with van der Waals surface area (Å²) in [4.78, 5) is 12.3. The fourth-order valence-electron chi connectivity index (χ4n) is 2.99. The molecule has 2 unspecified atom stereocenters. The van der Waals surface area contributed by atoms with E-state index in [9.17, 15) is 4.79 Å². The SMILES string of the molecule is COc1ccc(C)cc1CC(=O)C1CCCC1C. The second-order valence-electron chi connectivity index (χ2n) is 5.47. The van der Waals surface area contributed by atoms with Crippen LogP contribution in [0.3, 0.4) is 0 Å². The number of carbonyl (C=O) groups is 1. The standard InChI is InChI=1S/C16H22O2/c1-11-7-8-16(18-3)13(9-11)10-15(17)14-6-4-5-12(14)2/h7-9,12,14H,4-6,10H2,1-3H3. The lowest BCUT2D eigenvalue weighted by Gasteiger charge is -2.15. The largest absolute Gasteiger partial charge is 0.496 e. The molecule has 0 amide bonds. The van der Waals surface area contributed by atoms with Crippen LogP contribution in [0.1, 0.15) is 37.3 Å². The van der Waals surface area contributed by atoms with Gasteiger partial charge in [-0.1, -0.05) is 31.0 Å². The van der Waals surface area contributed by atoms with Gasteiger partial charge in [-0.2, -0.15) is 0 Å². The highest BCUT2D eigenvalue weighted by molar-refractivity contribution is 5.84. The summed E-state index contributed by atoms with van der Waals surface area (Å²) in [6.07, 6.45) is 3.97. The topological polar surface area (TPSA) is 26.3 Å². The maximum absolute atomic E-state index is 12.3. The molecule has 18 heavy (non-hydrogen) atoms. The number of ether oxygens (including phenoxy) is 1. The highest BCUT2D eigenvalue weighted by Gasteiger charge is 2.29. The highest BCUT2D eigenvalue weighted by Crippen LogP contribution is 2.33. The summed E-state index contributed by atoms with van der Waals surface area (Å²) in [5, 5.41) is 0. The molecule has 2 heteroatoms. The van der Waals surface area contributed by atoms with E-state index in [1.165, 1.54) is 18.4 Å². The lowest BCUT2D eigenvalue weighted by atomic mass is 9.89. The summed E-state index contributed by atoms with van der Waals surface area (Å²) in [5.41, 5.74) is 2.21. The molecular formula is C16H22O2. The van der Waals surface area contributed by atoms with E-state index in [0.29, 0.717) is 18.1 Å². The van der Waals surface area contributed by atoms with E-state index in [-0.39, 0.29) is 5.92 Å². The van der Waals surface area contributed by atoms with E-state index < -0.39 is 0 Å². The average Bonchev–Trinajstić information content (AvgIpc) is 2.76. The lowest BCUT2D eigenvalue weighted by Crippen LogP contribution is -2.19. The third kappa shape index (κ3) is 2.74. The Morgan fingerprint density at radius 2 is 2.17 bits per heavy atom. The monoisotopic (exact) mass is 246 g/mol. The van der Waals surface area contributed by atoms with Crippen molar-refractivity contribution < 1.29 is 9.53 Å². The molecule has 0 saturated heterocycles. The first-order chi connectivity index (χ1) is 8.61. The number of methoxy groups -OCH3 is 1. The fourth-order valence-corrected chi connectivity index (χ4v) is 2.99. The minimum absolute atomic E-state index is 0.259. The first kappa shape index (κ1) is 13.1. The Morgan fingerprint density at radius 3 is 2.78 bits per heavy atom. The quantitative estimate of drug-likeness (QED) is 0.812. The van der Waals surface area contributed by atoms with Gasteiger partial charge >= 0.3 is 0 Å². The minimum atomic E-state index is 0.259. The second-order valence-corrected chi connectivity index (χ2v) is 5.47. The molecule has 0 spiro atoms. The van der Waals surface area contributed by atoms with E-state index in [2.05, 4.69) is 13.0 Å². The van der Waals surface area contributed by atoms with Crippen molar-refractivity contribution in [3.05, 3.63) is 29.3 Å². The van der Waals surface area contributed by atoms with Crippen LogP contribution in [0.25, 0.3) is 0 Å². The summed E-state index contributed by atoms with van der Waals surface area (Å²) in [6, 6.07) is 6.04. The number of benzene rings is 1. The van der Waals surface area contributed by atoms with Crippen LogP contribution in [0.5, 0.6) is 5.75 Å².